The van der Waals surface area contributed by atoms with Gasteiger partial charge in [0.15, 0.2) is 11.0 Å². The summed E-state index contributed by atoms with van der Waals surface area (Å²) in [7, 11) is 0. The van der Waals surface area contributed by atoms with E-state index < -0.39 is 0 Å². The highest BCUT2D eigenvalue weighted by Crippen LogP contribution is 2.06. The van der Waals surface area contributed by atoms with Crippen LogP contribution in [0.2, 0.25) is 5.15 Å². The molecule has 98 valence electrons. The van der Waals surface area contributed by atoms with E-state index >= 15 is 0 Å². The number of hydrogen-bond acceptors (Lipinski definition) is 6. The van der Waals surface area contributed by atoms with Gasteiger partial charge in [0.05, 0.1) is 12.5 Å². The molecule has 1 N–H and O–H groups in total. The minimum absolute atomic E-state index is 0.125. The first kappa shape index (κ1) is 14.4. The maximum absolute atomic E-state index is 11.3. The predicted octanol–water partition coefficient (Wildman–Crippen LogP) is 2.26. The normalized spacial score (nSPS) is 11.5. The third-order valence-electron chi connectivity index (χ3n) is 1.76. The highest BCUT2D eigenvalue weighted by Gasteiger charge is 2.07. The Balaban J connectivity index is 2.46. The Morgan fingerprint density at radius 3 is 2.78 bits per heavy atom. The average Bonchev–Trinajstić information content (AvgIpc) is 2.27. The largest absolute Gasteiger partial charge is 0.463 e. The van der Waals surface area contributed by atoms with E-state index in [4.69, 9.17) is 16.3 Å². The minimum atomic E-state index is -0.310. The summed E-state index contributed by atoms with van der Waals surface area (Å²) in [6, 6.07) is 3.23. The van der Waals surface area contributed by atoms with Crippen LogP contribution in [0.1, 0.15) is 27.2 Å². The van der Waals surface area contributed by atoms with E-state index in [1.807, 2.05) is 0 Å². The number of aromatic nitrogens is 2. The Kier molecular flexibility index (Phi) is 5.51. The molecule has 0 aliphatic rings. The molecule has 0 bridgehead atoms. The minimum Gasteiger partial charge on any atom is -0.463 e. The van der Waals surface area contributed by atoms with Crippen LogP contribution < -0.4 is 5.43 Å². The zero-order valence-electron chi connectivity index (χ0n) is 10.5. The van der Waals surface area contributed by atoms with Gasteiger partial charge in [-0.2, -0.15) is 5.10 Å². The van der Waals surface area contributed by atoms with Gasteiger partial charge in [-0.15, -0.1) is 10.2 Å². The molecule has 1 aromatic heterocycles. The van der Waals surface area contributed by atoms with Gasteiger partial charge in [0.1, 0.15) is 0 Å². The van der Waals surface area contributed by atoms with Gasteiger partial charge in [0, 0.05) is 5.71 Å². The molecule has 0 aromatic carbocycles. The van der Waals surface area contributed by atoms with Crippen molar-refractivity contribution >= 4 is 29.1 Å². The topological polar surface area (TPSA) is 76.5 Å². The summed E-state index contributed by atoms with van der Waals surface area (Å²) in [6.45, 7) is 5.32. The molecule has 7 heteroatoms. The first-order valence-electron chi connectivity index (χ1n) is 5.45. The van der Waals surface area contributed by atoms with Crippen molar-refractivity contribution in [1.82, 2.24) is 10.2 Å². The summed E-state index contributed by atoms with van der Waals surface area (Å²) in [5, 5.41) is 11.7. The zero-order valence-corrected chi connectivity index (χ0v) is 11.2. The van der Waals surface area contributed by atoms with Gasteiger partial charge in [-0.05, 0) is 32.9 Å². The highest BCUT2D eigenvalue weighted by atomic mass is 35.5. The molecule has 0 fully saturated rings. The highest BCUT2D eigenvalue weighted by molar-refractivity contribution is 6.29. The van der Waals surface area contributed by atoms with Crippen molar-refractivity contribution in [1.29, 1.82) is 0 Å². The molecule has 6 nitrogen and oxygen atoms in total. The third kappa shape index (κ3) is 5.58. The lowest BCUT2D eigenvalue weighted by Gasteiger charge is -2.07. The zero-order chi connectivity index (χ0) is 13.5. The summed E-state index contributed by atoms with van der Waals surface area (Å²) >= 11 is 5.59. The van der Waals surface area contributed by atoms with E-state index in [0.29, 0.717) is 16.7 Å². The van der Waals surface area contributed by atoms with Crippen LogP contribution in [0.3, 0.4) is 0 Å². The Morgan fingerprint density at radius 2 is 2.22 bits per heavy atom. The molecule has 0 radical (unpaired) electrons. The summed E-state index contributed by atoms with van der Waals surface area (Å²) in [6.07, 6.45) is 0.00651. The SMILES string of the molecule is C/C(CC(=O)OC(C)C)=N/Nc1ccc(Cl)nn1. The lowest BCUT2D eigenvalue weighted by atomic mass is 10.3. The molecular formula is C11H15ClN4O2. The smallest absolute Gasteiger partial charge is 0.311 e. The molecule has 0 unspecified atom stereocenters. The second kappa shape index (κ2) is 6.90. The number of nitrogens with zero attached hydrogens (tertiary/aromatic N) is 3. The fourth-order valence-corrected chi connectivity index (χ4v) is 1.18. The van der Waals surface area contributed by atoms with E-state index in [-0.39, 0.29) is 18.5 Å². The van der Waals surface area contributed by atoms with Crippen LogP contribution in [0.4, 0.5) is 5.82 Å². The second-order valence-corrected chi connectivity index (χ2v) is 4.30. The van der Waals surface area contributed by atoms with Crippen LogP contribution >= 0.6 is 11.6 Å². The first-order valence-corrected chi connectivity index (χ1v) is 5.83. The van der Waals surface area contributed by atoms with Gasteiger partial charge in [0.2, 0.25) is 0 Å². The number of nitrogens with one attached hydrogen (secondary N) is 1. The molecule has 0 amide bonds. The molecule has 0 spiro atoms. The molecule has 1 rings (SSSR count). The van der Waals surface area contributed by atoms with Gasteiger partial charge in [-0.1, -0.05) is 11.6 Å². The van der Waals surface area contributed by atoms with Crippen LogP contribution in [0, 0.1) is 0 Å². The molecule has 0 aliphatic carbocycles. The maximum Gasteiger partial charge on any atom is 0.311 e. The molecule has 0 saturated heterocycles. The Morgan fingerprint density at radius 1 is 1.50 bits per heavy atom. The number of hydrazone groups is 1. The molecule has 0 aliphatic heterocycles. The quantitative estimate of drug-likeness (QED) is 0.504. The van der Waals surface area contributed by atoms with Crippen molar-refractivity contribution in [2.75, 3.05) is 5.43 Å². The van der Waals surface area contributed by atoms with Crippen molar-refractivity contribution in [3.63, 3.8) is 0 Å². The van der Waals surface area contributed by atoms with E-state index in [2.05, 4.69) is 20.7 Å². The molecule has 0 atom stereocenters. The van der Waals surface area contributed by atoms with Crippen LogP contribution in [0.5, 0.6) is 0 Å². The molecule has 1 aromatic rings. The van der Waals surface area contributed by atoms with Crippen molar-refractivity contribution in [2.24, 2.45) is 5.10 Å². The number of halogens is 1. The van der Waals surface area contributed by atoms with Gasteiger partial charge in [-0.25, -0.2) is 0 Å². The summed E-state index contributed by atoms with van der Waals surface area (Å²) in [5.41, 5.74) is 3.27. The van der Waals surface area contributed by atoms with Crippen molar-refractivity contribution < 1.29 is 9.53 Å². The molecule has 0 saturated carbocycles. The number of hydrogen-bond donors (Lipinski definition) is 1. The second-order valence-electron chi connectivity index (χ2n) is 3.92. The predicted molar refractivity (Wildman–Crippen MR) is 69.6 cm³/mol. The van der Waals surface area contributed by atoms with Crippen molar-refractivity contribution in [3.05, 3.63) is 17.3 Å². The lowest BCUT2D eigenvalue weighted by molar-refractivity contribution is -0.145. The van der Waals surface area contributed by atoms with Gasteiger partial charge in [-0.3, -0.25) is 10.2 Å². The number of rotatable bonds is 5. The van der Waals surface area contributed by atoms with Crippen LogP contribution in [-0.2, 0) is 9.53 Å². The van der Waals surface area contributed by atoms with Crippen LogP contribution in [0.25, 0.3) is 0 Å². The van der Waals surface area contributed by atoms with E-state index in [0.717, 1.165) is 0 Å². The number of ether oxygens (including phenoxy) is 1. The Bertz CT molecular complexity index is 431. The summed E-state index contributed by atoms with van der Waals surface area (Å²) in [4.78, 5) is 11.3. The van der Waals surface area contributed by atoms with Crippen LogP contribution in [0.15, 0.2) is 17.2 Å². The van der Waals surface area contributed by atoms with Gasteiger partial charge < -0.3 is 4.74 Å². The number of carbonyl (C=O) groups is 1. The Labute approximate surface area is 110 Å². The summed E-state index contributed by atoms with van der Waals surface area (Å²) < 4.78 is 5.00. The van der Waals surface area contributed by atoms with Crippen molar-refractivity contribution in [2.45, 2.75) is 33.3 Å². The number of anilines is 1. The fraction of sp³-hybridized carbons (Fsp3) is 0.455. The van der Waals surface area contributed by atoms with E-state index in [9.17, 15) is 4.79 Å². The molecular weight excluding hydrogens is 256 g/mol. The first-order chi connectivity index (χ1) is 8.47. The van der Waals surface area contributed by atoms with E-state index in [1.54, 1.807) is 32.9 Å². The standard InChI is InChI=1S/C11H15ClN4O2/c1-7(2)18-11(17)6-8(3)13-15-10-5-4-9(12)14-16-10/h4-5,7H,6H2,1-3H3,(H,15,16)/b13-8-. The third-order valence-corrected chi connectivity index (χ3v) is 1.96. The molecule has 18 heavy (non-hydrogen) atoms. The van der Waals surface area contributed by atoms with Gasteiger partial charge in [0.25, 0.3) is 0 Å². The van der Waals surface area contributed by atoms with E-state index in [1.165, 1.54) is 0 Å². The fourth-order valence-electron chi connectivity index (χ4n) is 1.08. The summed E-state index contributed by atoms with van der Waals surface area (Å²) in [5.74, 6) is 0.145. The lowest BCUT2D eigenvalue weighted by Crippen LogP contribution is -2.14. The molecule has 1 heterocycles. The Hall–Kier alpha value is -1.69. The average molecular weight is 271 g/mol. The van der Waals surface area contributed by atoms with Gasteiger partial charge >= 0.3 is 5.97 Å². The number of carbonyl (C=O) groups excluding carboxylic acids is 1. The monoisotopic (exact) mass is 270 g/mol. The number of esters is 1. The van der Waals surface area contributed by atoms with Crippen LogP contribution in [-0.4, -0.2) is 28.0 Å². The van der Waals surface area contributed by atoms with Crippen molar-refractivity contribution in [3.8, 4) is 0 Å². The maximum atomic E-state index is 11.3.